The number of hydrogen-bond donors (Lipinski definition) is 0. The summed E-state index contributed by atoms with van der Waals surface area (Å²) in [5, 5.41) is 0. The number of hydrogen-bond acceptors (Lipinski definition) is 2. The zero-order valence-electron chi connectivity index (χ0n) is 9.72. The smallest absolute Gasteiger partial charge is 0.0621 e. The predicted octanol–water partition coefficient (Wildman–Crippen LogP) is 3.13. The maximum absolute atomic E-state index is 4.38. The molecular weight excluding hydrogens is 196 g/mol. The van der Waals surface area contributed by atoms with Crippen LogP contribution in [0.15, 0.2) is 42.7 Å². The average Bonchev–Trinajstić information content (AvgIpc) is 2.33. The number of benzene rings is 1. The van der Waals surface area contributed by atoms with E-state index < -0.39 is 0 Å². The van der Waals surface area contributed by atoms with Crippen molar-refractivity contribution in [2.45, 2.75) is 26.2 Å². The first kappa shape index (κ1) is 10.8. The lowest BCUT2D eigenvalue weighted by Gasteiger charge is -2.12. The lowest BCUT2D eigenvalue weighted by molar-refractivity contribution is 0.729. The van der Waals surface area contributed by atoms with Crippen LogP contribution in [-0.4, -0.2) is 9.97 Å². The summed E-state index contributed by atoms with van der Waals surface area (Å²) in [7, 11) is 0. The minimum Gasteiger partial charge on any atom is -0.258 e. The zero-order chi connectivity index (χ0) is 11.4. The molecule has 0 amide bonds. The molecule has 1 unspecified atom stereocenters. The van der Waals surface area contributed by atoms with Crippen molar-refractivity contribution in [1.29, 1.82) is 0 Å². The topological polar surface area (TPSA) is 25.8 Å². The van der Waals surface area contributed by atoms with Crippen LogP contribution < -0.4 is 0 Å². The van der Waals surface area contributed by atoms with Crippen LogP contribution >= 0.6 is 0 Å². The van der Waals surface area contributed by atoms with E-state index in [0.717, 1.165) is 17.8 Å². The molecule has 82 valence electrons. The molecule has 2 heteroatoms. The normalized spacial score (nSPS) is 12.4. The van der Waals surface area contributed by atoms with Gasteiger partial charge >= 0.3 is 0 Å². The van der Waals surface area contributed by atoms with E-state index >= 15 is 0 Å². The highest BCUT2D eigenvalue weighted by molar-refractivity contribution is 5.21. The second-order valence-electron chi connectivity index (χ2n) is 4.10. The highest BCUT2D eigenvalue weighted by Crippen LogP contribution is 2.19. The SMILES string of the molecule is Cc1nccnc1CC(C)c1ccccc1. The lowest BCUT2D eigenvalue weighted by Crippen LogP contribution is -2.03. The Balaban J connectivity index is 2.14. The second-order valence-corrected chi connectivity index (χ2v) is 4.10. The summed E-state index contributed by atoms with van der Waals surface area (Å²) in [6, 6.07) is 10.5. The fraction of sp³-hybridized carbons (Fsp3) is 0.286. The maximum atomic E-state index is 4.38. The van der Waals surface area contributed by atoms with Crippen molar-refractivity contribution in [2.24, 2.45) is 0 Å². The van der Waals surface area contributed by atoms with Gasteiger partial charge in [0.1, 0.15) is 0 Å². The Labute approximate surface area is 96.4 Å². The fourth-order valence-electron chi connectivity index (χ4n) is 1.83. The summed E-state index contributed by atoms with van der Waals surface area (Å²) in [6.45, 7) is 4.24. The van der Waals surface area contributed by atoms with Crippen molar-refractivity contribution < 1.29 is 0 Å². The molecular formula is C14H16N2. The Morgan fingerprint density at radius 2 is 1.75 bits per heavy atom. The minimum absolute atomic E-state index is 0.483. The van der Waals surface area contributed by atoms with Gasteiger partial charge in [-0.15, -0.1) is 0 Å². The molecule has 2 nitrogen and oxygen atoms in total. The third-order valence-corrected chi connectivity index (χ3v) is 2.85. The van der Waals surface area contributed by atoms with Gasteiger partial charge in [0.25, 0.3) is 0 Å². The van der Waals surface area contributed by atoms with Crippen molar-refractivity contribution >= 4 is 0 Å². The van der Waals surface area contributed by atoms with Crippen molar-refractivity contribution in [3.63, 3.8) is 0 Å². The average molecular weight is 212 g/mol. The van der Waals surface area contributed by atoms with Gasteiger partial charge < -0.3 is 0 Å². The van der Waals surface area contributed by atoms with E-state index in [9.17, 15) is 0 Å². The first-order valence-corrected chi connectivity index (χ1v) is 5.59. The molecule has 1 aromatic carbocycles. The second kappa shape index (κ2) is 4.88. The van der Waals surface area contributed by atoms with Crippen LogP contribution in [-0.2, 0) is 6.42 Å². The molecule has 0 radical (unpaired) electrons. The molecule has 16 heavy (non-hydrogen) atoms. The summed E-state index contributed by atoms with van der Waals surface area (Å²) in [5.41, 5.74) is 3.48. The quantitative estimate of drug-likeness (QED) is 0.781. The highest BCUT2D eigenvalue weighted by atomic mass is 14.8. The van der Waals surface area contributed by atoms with Crippen LogP contribution in [0.5, 0.6) is 0 Å². The molecule has 0 aliphatic carbocycles. The summed E-state index contributed by atoms with van der Waals surface area (Å²) in [4.78, 5) is 8.64. The Morgan fingerprint density at radius 1 is 1.06 bits per heavy atom. The van der Waals surface area contributed by atoms with E-state index in [2.05, 4.69) is 41.2 Å². The summed E-state index contributed by atoms with van der Waals surface area (Å²) in [6.07, 6.45) is 4.45. The van der Waals surface area contributed by atoms with E-state index in [-0.39, 0.29) is 0 Å². The van der Waals surface area contributed by atoms with Gasteiger partial charge in [-0.05, 0) is 24.8 Å². The molecule has 0 spiro atoms. The first-order chi connectivity index (χ1) is 7.77. The van der Waals surface area contributed by atoms with Gasteiger partial charge in [0, 0.05) is 12.4 Å². The number of rotatable bonds is 3. The summed E-state index contributed by atoms with van der Waals surface area (Å²) in [5.74, 6) is 0.483. The van der Waals surface area contributed by atoms with Gasteiger partial charge in [-0.2, -0.15) is 0 Å². The fourth-order valence-corrected chi connectivity index (χ4v) is 1.83. The van der Waals surface area contributed by atoms with Gasteiger partial charge in [-0.3, -0.25) is 9.97 Å². The lowest BCUT2D eigenvalue weighted by atomic mass is 9.95. The highest BCUT2D eigenvalue weighted by Gasteiger charge is 2.09. The van der Waals surface area contributed by atoms with E-state index in [1.807, 2.05) is 13.0 Å². The van der Waals surface area contributed by atoms with Crippen LogP contribution in [0.1, 0.15) is 29.8 Å². The van der Waals surface area contributed by atoms with Crippen LogP contribution in [0.2, 0.25) is 0 Å². The van der Waals surface area contributed by atoms with Crippen molar-refractivity contribution in [3.8, 4) is 0 Å². The molecule has 0 bridgehead atoms. The molecule has 1 atom stereocenters. The third kappa shape index (κ3) is 2.45. The van der Waals surface area contributed by atoms with Crippen molar-refractivity contribution in [3.05, 3.63) is 59.7 Å². The van der Waals surface area contributed by atoms with Gasteiger partial charge in [0.2, 0.25) is 0 Å². The summed E-state index contributed by atoms with van der Waals surface area (Å²) < 4.78 is 0. The van der Waals surface area contributed by atoms with Crippen LogP contribution in [0.3, 0.4) is 0 Å². The van der Waals surface area contributed by atoms with Crippen molar-refractivity contribution in [2.75, 3.05) is 0 Å². The zero-order valence-corrected chi connectivity index (χ0v) is 9.72. The molecule has 0 saturated carbocycles. The minimum atomic E-state index is 0.483. The predicted molar refractivity (Wildman–Crippen MR) is 65.3 cm³/mol. The van der Waals surface area contributed by atoms with Gasteiger partial charge in [-0.1, -0.05) is 37.3 Å². The first-order valence-electron chi connectivity index (χ1n) is 5.59. The van der Waals surface area contributed by atoms with Gasteiger partial charge in [-0.25, -0.2) is 0 Å². The van der Waals surface area contributed by atoms with E-state index in [4.69, 9.17) is 0 Å². The van der Waals surface area contributed by atoms with Gasteiger partial charge in [0.15, 0.2) is 0 Å². The standard InChI is InChI=1S/C14H16N2/c1-11(13-6-4-3-5-7-13)10-14-12(2)15-8-9-16-14/h3-9,11H,10H2,1-2H3. The molecule has 1 aromatic heterocycles. The Hall–Kier alpha value is -1.70. The number of aromatic nitrogens is 2. The molecule has 0 N–H and O–H groups in total. The number of nitrogens with zero attached hydrogens (tertiary/aromatic N) is 2. The van der Waals surface area contributed by atoms with Crippen LogP contribution in [0, 0.1) is 6.92 Å². The molecule has 2 rings (SSSR count). The van der Waals surface area contributed by atoms with Crippen molar-refractivity contribution in [1.82, 2.24) is 9.97 Å². The van der Waals surface area contributed by atoms with Crippen LogP contribution in [0.4, 0.5) is 0 Å². The third-order valence-electron chi connectivity index (χ3n) is 2.85. The molecule has 0 aliphatic heterocycles. The molecule has 2 aromatic rings. The van der Waals surface area contributed by atoms with Gasteiger partial charge in [0.05, 0.1) is 11.4 Å². The largest absolute Gasteiger partial charge is 0.258 e. The van der Waals surface area contributed by atoms with E-state index in [0.29, 0.717) is 5.92 Å². The molecule has 0 aliphatic rings. The molecule has 0 fully saturated rings. The molecule has 0 saturated heterocycles. The molecule has 1 heterocycles. The Kier molecular flexibility index (Phi) is 3.30. The number of aryl methyl sites for hydroxylation is 1. The Bertz CT molecular complexity index is 451. The van der Waals surface area contributed by atoms with Crippen LogP contribution in [0.25, 0.3) is 0 Å². The monoisotopic (exact) mass is 212 g/mol. The summed E-state index contributed by atoms with van der Waals surface area (Å²) >= 11 is 0. The van der Waals surface area contributed by atoms with E-state index in [1.165, 1.54) is 5.56 Å². The Morgan fingerprint density at radius 3 is 2.44 bits per heavy atom. The maximum Gasteiger partial charge on any atom is 0.0621 e. The van der Waals surface area contributed by atoms with E-state index in [1.54, 1.807) is 12.4 Å².